The zero-order valence-corrected chi connectivity index (χ0v) is 7.18. The first-order valence-electron chi connectivity index (χ1n) is 1.85. The van der Waals surface area contributed by atoms with Gasteiger partial charge in [-0.1, -0.05) is 0 Å². The van der Waals surface area contributed by atoms with E-state index in [9.17, 15) is 13.2 Å². The molecule has 0 aliphatic heterocycles. The minimum absolute atomic E-state index is 0.157. The predicted octanol–water partition coefficient (Wildman–Crippen LogP) is 2.49. The van der Waals surface area contributed by atoms with Crippen LogP contribution in [-0.4, -0.2) is 19.0 Å². The van der Waals surface area contributed by atoms with E-state index in [0.29, 0.717) is 0 Å². The molecule has 0 unspecified atom stereocenters. The van der Waals surface area contributed by atoms with E-state index < -0.39 is 19.0 Å². The zero-order chi connectivity index (χ0) is 6.78. The van der Waals surface area contributed by atoms with Gasteiger partial charge in [-0.2, -0.15) is 0 Å². The van der Waals surface area contributed by atoms with Gasteiger partial charge in [0.05, 0.1) is 0 Å². The first-order chi connectivity index (χ1) is 3.42. The number of alkyl halides is 3. The van der Waals surface area contributed by atoms with Crippen molar-refractivity contribution in [2.24, 2.45) is 0 Å². The topological polar surface area (TPSA) is 0 Å². The summed E-state index contributed by atoms with van der Waals surface area (Å²) in [5.41, 5.74) is -0.681. The summed E-state index contributed by atoms with van der Waals surface area (Å²) >= 11 is -1.56. The van der Waals surface area contributed by atoms with E-state index >= 15 is 0 Å². The molecule has 0 amide bonds. The Morgan fingerprint density at radius 3 is 1.62 bits per heavy atom. The van der Waals surface area contributed by atoms with Crippen LogP contribution in [0, 0.1) is 0 Å². The van der Waals surface area contributed by atoms with E-state index in [-0.39, 0.29) is 10.0 Å². The molecular formula is C3H6AsF3S. The fraction of sp³-hybridized carbons (Fsp3) is 1.00. The SMILES string of the molecule is C[As](C)SC(F)(F)F. The van der Waals surface area contributed by atoms with Crippen LogP contribution < -0.4 is 0 Å². The van der Waals surface area contributed by atoms with Crippen LogP contribution in [0.5, 0.6) is 0 Å². The van der Waals surface area contributed by atoms with Crippen molar-refractivity contribution in [3.05, 3.63) is 0 Å². The Hall–Kier alpha value is 0.698. The van der Waals surface area contributed by atoms with E-state index in [4.69, 9.17) is 0 Å². The summed E-state index contributed by atoms with van der Waals surface area (Å²) in [6.45, 7) is 0. The monoisotopic (exact) mass is 206 g/mol. The molecule has 5 heteroatoms. The molecule has 0 aromatic carbocycles. The molecule has 0 aliphatic carbocycles. The van der Waals surface area contributed by atoms with Crippen molar-refractivity contribution >= 4 is 23.5 Å². The third kappa shape index (κ3) is 6.70. The van der Waals surface area contributed by atoms with E-state index in [1.807, 2.05) is 0 Å². The average Bonchev–Trinajstić information content (AvgIpc) is 1.21. The maximum atomic E-state index is 11.3. The molecule has 0 spiro atoms. The quantitative estimate of drug-likeness (QED) is 0.594. The van der Waals surface area contributed by atoms with Crippen molar-refractivity contribution < 1.29 is 13.2 Å². The van der Waals surface area contributed by atoms with Gasteiger partial charge in [0.1, 0.15) is 0 Å². The Morgan fingerprint density at radius 1 is 1.25 bits per heavy atom. The van der Waals surface area contributed by atoms with Gasteiger partial charge in [0.2, 0.25) is 0 Å². The summed E-state index contributed by atoms with van der Waals surface area (Å²) in [5, 5.41) is 0. The van der Waals surface area contributed by atoms with Crippen molar-refractivity contribution in [2.75, 3.05) is 0 Å². The Kier molecular flexibility index (Phi) is 3.28. The van der Waals surface area contributed by atoms with E-state index in [1.54, 1.807) is 11.4 Å². The number of hydrogen-bond donors (Lipinski definition) is 0. The molecule has 0 aromatic rings. The molecule has 0 heterocycles. The van der Waals surface area contributed by atoms with Gasteiger partial charge < -0.3 is 0 Å². The Labute approximate surface area is 54.1 Å². The Morgan fingerprint density at radius 2 is 1.62 bits per heavy atom. The fourth-order valence-electron chi connectivity index (χ4n) is 0.207. The van der Waals surface area contributed by atoms with Crippen LogP contribution in [0.25, 0.3) is 0 Å². The van der Waals surface area contributed by atoms with Crippen LogP contribution in [0.15, 0.2) is 0 Å². The van der Waals surface area contributed by atoms with Gasteiger partial charge in [0.15, 0.2) is 0 Å². The molecule has 50 valence electrons. The first-order valence-corrected chi connectivity index (χ1v) is 8.67. The zero-order valence-electron chi connectivity index (χ0n) is 4.49. The van der Waals surface area contributed by atoms with E-state index in [2.05, 4.69) is 0 Å². The molecule has 0 nitrogen and oxygen atoms in total. The van der Waals surface area contributed by atoms with Gasteiger partial charge in [0.25, 0.3) is 0 Å². The van der Waals surface area contributed by atoms with Crippen molar-refractivity contribution in [3.8, 4) is 0 Å². The Balaban J connectivity index is 3.39. The summed E-state index contributed by atoms with van der Waals surface area (Å²) < 4.78 is 33.9. The molecule has 0 aliphatic rings. The van der Waals surface area contributed by atoms with Crippen LogP contribution in [-0.2, 0) is 0 Å². The molecule has 8 heavy (non-hydrogen) atoms. The van der Waals surface area contributed by atoms with Crippen molar-refractivity contribution in [3.63, 3.8) is 0 Å². The molecular weight excluding hydrogens is 200 g/mol. The van der Waals surface area contributed by atoms with Gasteiger partial charge in [-0.3, -0.25) is 0 Å². The van der Waals surface area contributed by atoms with Crippen LogP contribution in [0.1, 0.15) is 0 Å². The molecule has 0 fully saturated rings. The maximum absolute atomic E-state index is 11.3. The summed E-state index contributed by atoms with van der Waals surface area (Å²) in [6, 6.07) is 0. The van der Waals surface area contributed by atoms with Gasteiger partial charge in [-0.05, 0) is 0 Å². The molecule has 0 aromatic heterocycles. The normalized spacial score (nSPS) is 12.8. The molecule has 0 N–H and O–H groups in total. The van der Waals surface area contributed by atoms with Gasteiger partial charge in [-0.15, -0.1) is 0 Å². The molecule has 0 rings (SSSR count). The second-order valence-electron chi connectivity index (χ2n) is 1.35. The van der Waals surface area contributed by atoms with Gasteiger partial charge >= 0.3 is 53.6 Å². The van der Waals surface area contributed by atoms with Crippen LogP contribution >= 0.6 is 10.0 Å². The molecule has 0 saturated carbocycles. The standard InChI is InChI=1S/C3H6AsF3S/c1-4(2)8-3(5,6)7/h1-2H3. The number of halogens is 3. The second-order valence-corrected chi connectivity index (χ2v) is 10.3. The number of rotatable bonds is 1. The molecule has 0 radical (unpaired) electrons. The third-order valence-corrected chi connectivity index (χ3v) is 4.46. The van der Waals surface area contributed by atoms with Crippen LogP contribution in [0.3, 0.4) is 0 Å². The van der Waals surface area contributed by atoms with Gasteiger partial charge in [0, 0.05) is 0 Å². The van der Waals surface area contributed by atoms with Crippen molar-refractivity contribution in [2.45, 2.75) is 16.9 Å². The average molecular weight is 206 g/mol. The van der Waals surface area contributed by atoms with Gasteiger partial charge in [-0.25, -0.2) is 0 Å². The summed E-state index contributed by atoms with van der Waals surface area (Å²) in [5.74, 6) is 0. The molecule has 0 bridgehead atoms. The summed E-state index contributed by atoms with van der Waals surface area (Å²) in [7, 11) is 0.157. The third-order valence-electron chi connectivity index (χ3n) is 0.286. The second kappa shape index (κ2) is 3.02. The van der Waals surface area contributed by atoms with E-state index in [1.165, 1.54) is 0 Å². The van der Waals surface area contributed by atoms with Crippen LogP contribution in [0.2, 0.25) is 11.4 Å². The predicted molar refractivity (Wildman–Crippen MR) is 31.1 cm³/mol. The summed E-state index contributed by atoms with van der Waals surface area (Å²) in [6.07, 6.45) is 0. The van der Waals surface area contributed by atoms with E-state index in [0.717, 1.165) is 0 Å². The van der Waals surface area contributed by atoms with Crippen LogP contribution in [0.4, 0.5) is 13.2 Å². The minimum atomic E-state index is -4.00. The molecule has 0 atom stereocenters. The first kappa shape index (κ1) is 8.70. The number of hydrogen-bond acceptors (Lipinski definition) is 1. The summed E-state index contributed by atoms with van der Waals surface area (Å²) in [4.78, 5) is 0. The Bertz CT molecular complexity index is 69.4. The van der Waals surface area contributed by atoms with Crippen molar-refractivity contribution in [1.29, 1.82) is 0 Å². The van der Waals surface area contributed by atoms with Crippen molar-refractivity contribution in [1.82, 2.24) is 0 Å². The fourth-order valence-corrected chi connectivity index (χ4v) is 3.23. The molecule has 0 saturated heterocycles.